The number of aromatic nitrogens is 2. The summed E-state index contributed by atoms with van der Waals surface area (Å²) >= 11 is 0. The molecular weight excluding hydrogens is 845 g/mol. The Morgan fingerprint density at radius 1 is 0.406 bits per heavy atom. The number of rotatable bonds is 9. The number of nitrogens with zero attached hydrogens (tertiary/aromatic N) is 4. The average Bonchev–Trinajstić information content (AvgIpc) is 3.82. The highest BCUT2D eigenvalue weighted by Gasteiger charge is 2.42. The highest BCUT2D eigenvalue weighted by Crippen LogP contribution is 2.55. The van der Waals surface area contributed by atoms with Crippen molar-refractivity contribution in [1.29, 1.82) is 0 Å². The van der Waals surface area contributed by atoms with Gasteiger partial charge in [-0.3, -0.25) is 19.4 Å². The van der Waals surface area contributed by atoms with Crippen molar-refractivity contribution < 1.29 is 9.59 Å². The van der Waals surface area contributed by atoms with E-state index in [2.05, 4.69) is 172 Å². The van der Waals surface area contributed by atoms with Crippen LogP contribution in [0, 0.1) is 6.92 Å². The van der Waals surface area contributed by atoms with E-state index in [1.165, 1.54) is 0 Å². The Morgan fingerprint density at radius 3 is 1.25 bits per heavy atom. The first-order chi connectivity index (χ1) is 33.6. The molecule has 69 heavy (non-hydrogen) atoms. The van der Waals surface area contributed by atoms with Crippen molar-refractivity contribution in [1.82, 2.24) is 9.97 Å². The lowest BCUT2D eigenvalue weighted by Gasteiger charge is -2.32. The van der Waals surface area contributed by atoms with Crippen LogP contribution in [0.15, 0.2) is 212 Å². The van der Waals surface area contributed by atoms with E-state index in [1.54, 1.807) is 30.3 Å². The molecule has 0 bridgehead atoms. The normalized spacial score (nSPS) is 13.8. The fourth-order valence-corrected chi connectivity index (χ4v) is 9.95. The smallest absolute Gasteiger partial charge is 0.197 e. The first-order valence-corrected chi connectivity index (χ1v) is 23.7. The monoisotopic (exact) mass is 894 g/mol. The molecule has 1 aromatic heterocycles. The van der Waals surface area contributed by atoms with Crippen molar-refractivity contribution in [2.45, 2.75) is 46.5 Å². The van der Waals surface area contributed by atoms with Crippen molar-refractivity contribution >= 4 is 45.6 Å². The van der Waals surface area contributed by atoms with Crippen molar-refractivity contribution in [2.75, 3.05) is 9.80 Å². The lowest BCUT2D eigenvalue weighted by Crippen LogP contribution is -2.25. The van der Waals surface area contributed by atoms with E-state index in [-0.39, 0.29) is 29.0 Å². The van der Waals surface area contributed by atoms with Crippen molar-refractivity contribution in [3.05, 3.63) is 239 Å². The molecule has 0 amide bonds. The van der Waals surface area contributed by atoms with Crippen LogP contribution in [0.3, 0.4) is 0 Å². The number of benzene rings is 8. The molecule has 334 valence electrons. The molecule has 9 aromatic rings. The molecule has 1 aliphatic heterocycles. The van der Waals surface area contributed by atoms with E-state index in [1.807, 2.05) is 42.5 Å². The molecule has 0 unspecified atom stereocenters. The van der Waals surface area contributed by atoms with Crippen LogP contribution < -0.4 is 9.80 Å². The van der Waals surface area contributed by atoms with E-state index < -0.39 is 0 Å². The first kappa shape index (κ1) is 43.1. The van der Waals surface area contributed by atoms with Crippen molar-refractivity contribution in [3.63, 3.8) is 0 Å². The zero-order valence-corrected chi connectivity index (χ0v) is 39.3. The number of Topliss-reactive ketones (excluding diaryl/α,β-unsaturated/α-hetero) is 2. The number of hydrogen-bond acceptors (Lipinski definition) is 6. The van der Waals surface area contributed by atoms with Crippen LogP contribution in [-0.2, 0) is 0 Å². The lowest BCUT2D eigenvalue weighted by atomic mass is 9.91. The van der Waals surface area contributed by atoms with Gasteiger partial charge in [0, 0.05) is 22.3 Å². The molecule has 8 aromatic carbocycles. The Kier molecular flexibility index (Phi) is 11.0. The number of ketones is 2. The average molecular weight is 895 g/mol. The van der Waals surface area contributed by atoms with Crippen LogP contribution in [0.25, 0.3) is 55.5 Å². The van der Waals surface area contributed by atoms with Gasteiger partial charge < -0.3 is 0 Å². The molecule has 2 heterocycles. The molecule has 0 N–H and O–H groups in total. The van der Waals surface area contributed by atoms with Crippen LogP contribution in [0.5, 0.6) is 0 Å². The molecule has 0 fully saturated rings. The van der Waals surface area contributed by atoms with Crippen molar-refractivity contribution in [3.8, 4) is 44.5 Å². The van der Waals surface area contributed by atoms with Gasteiger partial charge in [-0.25, -0.2) is 9.97 Å². The summed E-state index contributed by atoms with van der Waals surface area (Å²) in [4.78, 5) is 43.9. The third-order valence-corrected chi connectivity index (χ3v) is 13.4. The van der Waals surface area contributed by atoms with Gasteiger partial charge >= 0.3 is 0 Å². The predicted octanol–water partition coefficient (Wildman–Crippen LogP) is 16.0. The van der Waals surface area contributed by atoms with Crippen molar-refractivity contribution in [2.24, 2.45) is 0 Å². The maximum absolute atomic E-state index is 14.2. The number of para-hydroxylation sites is 3. The first-order valence-electron chi connectivity index (χ1n) is 23.7. The van der Waals surface area contributed by atoms with Crippen LogP contribution in [-0.4, -0.2) is 21.5 Å². The Morgan fingerprint density at radius 2 is 0.797 bits per heavy atom. The minimum atomic E-state index is -0.290. The van der Waals surface area contributed by atoms with Gasteiger partial charge in [-0.2, -0.15) is 0 Å². The summed E-state index contributed by atoms with van der Waals surface area (Å²) < 4.78 is 0. The molecule has 1 aliphatic carbocycles. The van der Waals surface area contributed by atoms with E-state index >= 15 is 0 Å². The predicted molar refractivity (Wildman–Crippen MR) is 283 cm³/mol. The number of aryl methyl sites for hydroxylation is 1. The Hall–Kier alpha value is -8.48. The minimum Gasteiger partial charge on any atom is -0.288 e. The summed E-state index contributed by atoms with van der Waals surface area (Å²) in [6, 6.07) is 64.5. The third kappa shape index (κ3) is 7.64. The summed E-state index contributed by atoms with van der Waals surface area (Å²) in [5.41, 5.74) is 16.2. The molecule has 6 heteroatoms. The van der Waals surface area contributed by atoms with E-state index in [9.17, 15) is 9.59 Å². The van der Waals surface area contributed by atoms with Gasteiger partial charge in [0.05, 0.1) is 28.0 Å². The number of anilines is 4. The van der Waals surface area contributed by atoms with Gasteiger partial charge in [-0.05, 0) is 105 Å². The highest BCUT2D eigenvalue weighted by molar-refractivity contribution is 6.39. The standard InChI is InChI=1S/C63H50N4O2/c1-39(2)48-23-16-24-49(40(3)4)58(48)66-57(36-35-52-60(68)50-21-12-13-22-51(50)61(52)69)67(63-62(66)64-55-25-14-15-26-56(55)65-63)59-53(46-31-27-44(28-32-46)42-17-8-6-9-18-42)37-41(5)38-54(59)47-33-29-45(30-34-47)43-19-10-7-11-20-43/h6-40H,1-5H3/b57-36+. The van der Waals surface area contributed by atoms with E-state index in [0.717, 1.165) is 83.6 Å². The summed E-state index contributed by atoms with van der Waals surface area (Å²) in [7, 11) is 0. The fourth-order valence-electron chi connectivity index (χ4n) is 9.95. The van der Waals surface area contributed by atoms with Crippen LogP contribution >= 0.6 is 0 Å². The van der Waals surface area contributed by atoms with E-state index in [0.29, 0.717) is 28.6 Å². The number of hydrogen-bond donors (Lipinski definition) is 0. The molecule has 2 aliphatic rings. The SMILES string of the molecule is Cc1cc(-c2ccc(-c3ccccc3)cc2)c(N2/C(=C/C=C3C(=O)c4ccccc4C3=O)N(c3c(C(C)C)cccc3C(C)C)c3nc4ccccc4nc32)c(-c2ccc(-c3ccccc3)cc2)c1. The van der Waals surface area contributed by atoms with E-state index in [4.69, 9.17) is 9.97 Å². The quantitative estimate of drug-likeness (QED) is 0.106. The highest BCUT2D eigenvalue weighted by atomic mass is 16.2. The minimum absolute atomic E-state index is 0.115. The summed E-state index contributed by atoms with van der Waals surface area (Å²) in [6.45, 7) is 11.0. The molecule has 0 saturated carbocycles. The third-order valence-electron chi connectivity index (χ3n) is 13.4. The number of fused-ring (bicyclic) bond motifs is 3. The fraction of sp³-hybridized carbons (Fsp3) is 0.111. The maximum atomic E-state index is 14.2. The number of carbonyl (C=O) groups excluding carboxylic acids is 2. The lowest BCUT2D eigenvalue weighted by molar-refractivity contribution is 0.0988. The Balaban J connectivity index is 1.24. The van der Waals surface area contributed by atoms with Crippen LogP contribution in [0.2, 0.25) is 0 Å². The summed E-state index contributed by atoms with van der Waals surface area (Å²) in [5.74, 6) is 1.66. The topological polar surface area (TPSA) is 66.4 Å². The zero-order valence-electron chi connectivity index (χ0n) is 39.3. The molecule has 0 radical (unpaired) electrons. The van der Waals surface area contributed by atoms with Gasteiger partial charge in [0.2, 0.25) is 0 Å². The molecule has 0 saturated heterocycles. The van der Waals surface area contributed by atoms with Gasteiger partial charge in [0.15, 0.2) is 23.2 Å². The molecule has 6 nitrogen and oxygen atoms in total. The Labute approximate surface area is 403 Å². The zero-order chi connectivity index (χ0) is 47.3. The molecule has 0 atom stereocenters. The number of carbonyl (C=O) groups is 2. The summed E-state index contributed by atoms with van der Waals surface area (Å²) in [6.07, 6.45) is 3.66. The largest absolute Gasteiger partial charge is 0.288 e. The van der Waals surface area contributed by atoms with Gasteiger partial charge in [0.25, 0.3) is 0 Å². The summed E-state index contributed by atoms with van der Waals surface area (Å²) in [5, 5.41) is 0. The van der Waals surface area contributed by atoms with Gasteiger partial charge in [-0.15, -0.1) is 0 Å². The second kappa shape index (κ2) is 17.6. The van der Waals surface area contributed by atoms with Gasteiger partial charge in [-0.1, -0.05) is 191 Å². The second-order valence-corrected chi connectivity index (χ2v) is 18.5. The molecule has 0 spiro atoms. The number of allylic oxidation sites excluding steroid dienone is 3. The molecule has 11 rings (SSSR count). The Bertz CT molecular complexity index is 3370. The second-order valence-electron chi connectivity index (χ2n) is 18.5. The molecular formula is C63H50N4O2. The van der Waals surface area contributed by atoms with Crippen LogP contribution in [0.1, 0.15) is 76.9 Å². The van der Waals surface area contributed by atoms with Gasteiger partial charge in [0.1, 0.15) is 5.82 Å². The maximum Gasteiger partial charge on any atom is 0.197 e. The van der Waals surface area contributed by atoms with Crippen LogP contribution in [0.4, 0.5) is 23.0 Å².